The summed E-state index contributed by atoms with van der Waals surface area (Å²) < 4.78 is 37.4. The van der Waals surface area contributed by atoms with Crippen LogP contribution in [0.5, 0.6) is 17.2 Å². The third-order valence-electron chi connectivity index (χ3n) is 7.76. The van der Waals surface area contributed by atoms with Gasteiger partial charge in [0.15, 0.2) is 0 Å². The number of methoxy groups -OCH3 is 1. The van der Waals surface area contributed by atoms with Gasteiger partial charge in [-0.15, -0.1) is 0 Å². The molecule has 1 fully saturated rings. The molecule has 38 heavy (non-hydrogen) atoms. The molecule has 1 atom stereocenters. The molecule has 5 rings (SSSR count). The third-order valence-corrected chi connectivity index (χ3v) is 9.54. The molecule has 0 radical (unpaired) electrons. The van der Waals surface area contributed by atoms with E-state index in [1.807, 2.05) is 31.2 Å². The highest BCUT2D eigenvalue weighted by atomic mass is 32.2. The van der Waals surface area contributed by atoms with Crippen molar-refractivity contribution in [2.75, 3.05) is 7.11 Å². The van der Waals surface area contributed by atoms with E-state index in [9.17, 15) is 8.42 Å². The number of sulfone groups is 1. The first-order valence-corrected chi connectivity index (χ1v) is 14.4. The van der Waals surface area contributed by atoms with Crippen molar-refractivity contribution >= 4 is 9.84 Å². The van der Waals surface area contributed by atoms with E-state index in [1.54, 1.807) is 55.6 Å². The molecule has 0 heterocycles. The van der Waals surface area contributed by atoms with Gasteiger partial charge in [-0.05, 0) is 103 Å². The lowest BCUT2D eigenvalue weighted by atomic mass is 9.71. The fourth-order valence-corrected chi connectivity index (χ4v) is 6.89. The lowest BCUT2D eigenvalue weighted by Gasteiger charge is -2.33. The summed E-state index contributed by atoms with van der Waals surface area (Å²) >= 11 is 0. The second-order valence-electron chi connectivity index (χ2n) is 11.1. The Balaban J connectivity index is 1.36. The molecule has 1 aliphatic carbocycles. The normalized spacial score (nSPS) is 18.7. The van der Waals surface area contributed by atoms with Crippen molar-refractivity contribution < 1.29 is 17.9 Å². The van der Waals surface area contributed by atoms with E-state index in [0.717, 1.165) is 30.6 Å². The Morgan fingerprint density at radius 1 is 0.632 bits per heavy atom. The van der Waals surface area contributed by atoms with E-state index < -0.39 is 9.84 Å². The van der Waals surface area contributed by atoms with Crippen LogP contribution in [0.15, 0.2) is 107 Å². The van der Waals surface area contributed by atoms with Crippen LogP contribution in [0.1, 0.15) is 49.8 Å². The van der Waals surface area contributed by atoms with Crippen LogP contribution in [0.25, 0.3) is 0 Å². The Kier molecular flexibility index (Phi) is 6.83. The molecular weight excluding hydrogens is 492 g/mol. The van der Waals surface area contributed by atoms with E-state index in [0.29, 0.717) is 11.5 Å². The Morgan fingerprint density at radius 3 is 1.53 bits per heavy atom. The summed E-state index contributed by atoms with van der Waals surface area (Å²) in [4.78, 5) is 0.530. The van der Waals surface area contributed by atoms with Crippen LogP contribution in [0.2, 0.25) is 0 Å². The van der Waals surface area contributed by atoms with Crippen LogP contribution in [0.4, 0.5) is 0 Å². The lowest BCUT2D eigenvalue weighted by molar-refractivity contribution is 0.356. The van der Waals surface area contributed by atoms with Crippen molar-refractivity contribution in [1.82, 2.24) is 0 Å². The van der Waals surface area contributed by atoms with E-state index in [4.69, 9.17) is 9.47 Å². The molecule has 1 unspecified atom stereocenters. The zero-order chi connectivity index (χ0) is 27.0. The zero-order valence-corrected chi connectivity index (χ0v) is 23.2. The number of ether oxygens (including phenoxy) is 2. The maximum Gasteiger partial charge on any atom is 0.206 e. The van der Waals surface area contributed by atoms with Gasteiger partial charge in [0.2, 0.25) is 9.84 Å². The highest BCUT2D eigenvalue weighted by molar-refractivity contribution is 7.91. The summed E-state index contributed by atoms with van der Waals surface area (Å²) in [6.45, 7) is 6.62. The smallest absolute Gasteiger partial charge is 0.206 e. The van der Waals surface area contributed by atoms with Gasteiger partial charge in [-0.25, -0.2) is 8.42 Å². The summed E-state index contributed by atoms with van der Waals surface area (Å²) in [7, 11) is -1.88. The van der Waals surface area contributed by atoms with Crippen LogP contribution < -0.4 is 9.47 Å². The fourth-order valence-electron chi connectivity index (χ4n) is 5.63. The lowest BCUT2D eigenvalue weighted by Crippen LogP contribution is -2.25. The highest BCUT2D eigenvalue weighted by Crippen LogP contribution is 2.54. The second-order valence-corrected chi connectivity index (χ2v) is 13.0. The predicted molar refractivity (Wildman–Crippen MR) is 151 cm³/mol. The van der Waals surface area contributed by atoms with Gasteiger partial charge < -0.3 is 9.47 Å². The summed E-state index contributed by atoms with van der Waals surface area (Å²) in [5.74, 6) is 2.17. The average Bonchev–Trinajstić information content (AvgIpc) is 3.26. The minimum absolute atomic E-state index is 0.0553. The first-order chi connectivity index (χ1) is 18.1. The van der Waals surface area contributed by atoms with Gasteiger partial charge in [-0.2, -0.15) is 0 Å². The topological polar surface area (TPSA) is 52.6 Å². The van der Waals surface area contributed by atoms with Crippen LogP contribution in [0.3, 0.4) is 0 Å². The molecule has 0 aromatic heterocycles. The standard InChI is InChI=1S/C33H34O4S/c1-24-5-17-30(18-6-24)38(34,35)31-19-15-29(16-20-31)37-28-13-9-26(10-14-28)33(22-21-32(2,3)23-33)25-7-11-27(36-4)12-8-25/h5-20H,21-23H2,1-4H3. The molecule has 196 valence electrons. The molecule has 4 aromatic rings. The van der Waals surface area contributed by atoms with Gasteiger partial charge in [-0.1, -0.05) is 55.8 Å². The Bertz CT molecular complexity index is 1500. The van der Waals surface area contributed by atoms with Gasteiger partial charge in [0.25, 0.3) is 0 Å². The number of rotatable bonds is 7. The Hall–Kier alpha value is -3.57. The van der Waals surface area contributed by atoms with Crippen molar-refractivity contribution in [1.29, 1.82) is 0 Å². The fraction of sp³-hybridized carbons (Fsp3) is 0.273. The molecule has 0 aliphatic heterocycles. The molecule has 0 N–H and O–H groups in total. The van der Waals surface area contributed by atoms with E-state index in [1.165, 1.54) is 11.1 Å². The minimum atomic E-state index is -3.57. The van der Waals surface area contributed by atoms with Gasteiger partial charge in [-0.3, -0.25) is 0 Å². The van der Waals surface area contributed by atoms with Crippen molar-refractivity contribution in [3.05, 3.63) is 114 Å². The summed E-state index contributed by atoms with van der Waals surface area (Å²) in [6, 6.07) is 30.3. The highest BCUT2D eigenvalue weighted by Gasteiger charge is 2.45. The first kappa shape index (κ1) is 26.1. The first-order valence-electron chi connectivity index (χ1n) is 13.0. The maximum absolute atomic E-state index is 13.0. The number of aryl methyl sites for hydroxylation is 1. The summed E-state index contributed by atoms with van der Waals surface area (Å²) in [5.41, 5.74) is 3.81. The van der Waals surface area contributed by atoms with E-state index in [2.05, 4.69) is 38.1 Å². The molecule has 0 spiro atoms. The van der Waals surface area contributed by atoms with Gasteiger partial charge in [0.1, 0.15) is 17.2 Å². The van der Waals surface area contributed by atoms with Crippen LogP contribution >= 0.6 is 0 Å². The minimum Gasteiger partial charge on any atom is -0.497 e. The molecule has 0 amide bonds. The van der Waals surface area contributed by atoms with Crippen LogP contribution in [-0.4, -0.2) is 15.5 Å². The van der Waals surface area contributed by atoms with E-state index >= 15 is 0 Å². The Morgan fingerprint density at radius 2 is 1.08 bits per heavy atom. The number of benzene rings is 4. The number of hydrogen-bond acceptors (Lipinski definition) is 4. The van der Waals surface area contributed by atoms with Gasteiger partial charge in [0, 0.05) is 5.41 Å². The summed E-state index contributed by atoms with van der Waals surface area (Å²) in [5, 5.41) is 0. The molecule has 4 nitrogen and oxygen atoms in total. The quantitative estimate of drug-likeness (QED) is 0.244. The monoisotopic (exact) mass is 526 g/mol. The zero-order valence-electron chi connectivity index (χ0n) is 22.4. The Labute approximate surface area is 226 Å². The molecule has 5 heteroatoms. The molecule has 1 aliphatic rings. The number of hydrogen-bond donors (Lipinski definition) is 0. The van der Waals surface area contributed by atoms with Crippen molar-refractivity contribution in [2.45, 2.75) is 55.2 Å². The molecule has 1 saturated carbocycles. The molecule has 0 bridgehead atoms. The SMILES string of the molecule is COc1ccc(C2(c3ccc(Oc4ccc(S(=O)(=O)c5ccc(C)cc5)cc4)cc3)CCC(C)(C)C2)cc1. The largest absolute Gasteiger partial charge is 0.497 e. The second kappa shape index (κ2) is 9.95. The van der Waals surface area contributed by atoms with Crippen molar-refractivity contribution in [3.63, 3.8) is 0 Å². The van der Waals surface area contributed by atoms with Gasteiger partial charge in [0.05, 0.1) is 16.9 Å². The molecular formula is C33H34O4S. The van der Waals surface area contributed by atoms with E-state index in [-0.39, 0.29) is 20.6 Å². The predicted octanol–water partition coefficient (Wildman–Crippen LogP) is 8.12. The van der Waals surface area contributed by atoms with Gasteiger partial charge >= 0.3 is 0 Å². The third kappa shape index (κ3) is 5.08. The molecule has 0 saturated heterocycles. The van der Waals surface area contributed by atoms with Crippen LogP contribution in [-0.2, 0) is 15.3 Å². The van der Waals surface area contributed by atoms with Crippen LogP contribution in [0, 0.1) is 12.3 Å². The van der Waals surface area contributed by atoms with Crippen molar-refractivity contribution in [3.8, 4) is 17.2 Å². The maximum atomic E-state index is 13.0. The summed E-state index contributed by atoms with van der Waals surface area (Å²) in [6.07, 6.45) is 3.32. The molecule has 4 aromatic carbocycles. The average molecular weight is 527 g/mol. The van der Waals surface area contributed by atoms with Crippen molar-refractivity contribution in [2.24, 2.45) is 5.41 Å².